The molecule has 0 aliphatic carbocycles. The van der Waals surface area contributed by atoms with E-state index < -0.39 is 0 Å². The van der Waals surface area contributed by atoms with Crippen molar-refractivity contribution in [2.45, 2.75) is 59.4 Å². The van der Waals surface area contributed by atoms with Crippen molar-refractivity contribution >= 4 is 0 Å². The smallest absolute Gasteiger partial charge is 0.729 e. The van der Waals surface area contributed by atoms with Crippen molar-refractivity contribution in [3.63, 3.8) is 0 Å². The van der Waals surface area contributed by atoms with Crippen molar-refractivity contribution < 1.29 is 257 Å². The standard InChI is InChI=1S/8CH4.5K.HN3.H2N/c;;;;;;;;;;;;;1-3-2;/h8*1H4;;;;;;(H-2,1,2);1H2/q;;;;;;;;5*+1;-2;-1. The molecule has 0 aliphatic rings. The molecule has 0 bridgehead atoms. The third kappa shape index (κ3) is 192. The molecule has 0 aromatic heterocycles. The Labute approximate surface area is 328 Å². The molecule has 0 unspecified atom stereocenters. The number of nitrogens with zero attached hydrogens (tertiary/aromatic N) is 2. The first-order valence-corrected chi connectivity index (χ1v) is 0.424. The van der Waals surface area contributed by atoms with Crippen LogP contribution < -0.4 is 257 Å². The third-order valence-corrected chi connectivity index (χ3v) is 0. The first-order chi connectivity index (χ1) is 1.41. The van der Waals surface area contributed by atoms with Gasteiger partial charge in [0.2, 0.25) is 0 Å². The van der Waals surface area contributed by atoms with Gasteiger partial charge in [0, 0.05) is 0 Å². The van der Waals surface area contributed by atoms with Crippen LogP contribution in [0, 0.1) is 0 Å². The molecule has 3 N–H and O–H groups in total. The average Bonchev–Trinajstić information content (AvgIpc) is 0.918. The van der Waals surface area contributed by atoms with Crippen molar-refractivity contribution in [1.82, 2.24) is 0 Å². The fourth-order valence-corrected chi connectivity index (χ4v) is 0. The normalized spacial score (nSPS) is 0.706. The Kier molecular flexibility index (Phi) is 1440. The Hall–Kier alpha value is 7.54. The van der Waals surface area contributed by atoms with E-state index in [1.807, 2.05) is 0 Å². The number of hydrogen-bond acceptors (Lipinski definition) is 1. The van der Waals surface area contributed by atoms with E-state index >= 15 is 0 Å². The van der Waals surface area contributed by atoms with Crippen molar-refractivity contribution in [1.29, 1.82) is 0 Å². The van der Waals surface area contributed by atoms with E-state index in [0.29, 0.717) is 0 Å². The van der Waals surface area contributed by atoms with Gasteiger partial charge in [0.15, 0.2) is 0 Å². The third-order valence-electron chi connectivity index (χ3n) is 0. The summed E-state index contributed by atoms with van der Waals surface area (Å²) in [6, 6.07) is 0. The second kappa shape index (κ2) is 164. The minimum atomic E-state index is 0. The van der Waals surface area contributed by atoms with Crippen LogP contribution in [-0.4, -0.2) is 0 Å². The summed E-state index contributed by atoms with van der Waals surface area (Å²) in [5, 5.41) is 1.75. The molecule has 9 heteroatoms. The minimum absolute atomic E-state index is 0. The van der Waals surface area contributed by atoms with Crippen LogP contribution in [0.1, 0.15) is 59.4 Å². The van der Waals surface area contributed by atoms with E-state index in [0.717, 1.165) is 0 Å². The Bertz CT molecular complexity index is 33.4. The molecule has 0 aliphatic heterocycles. The number of hydrogen-bond donors (Lipinski definition) is 0. The SMILES string of the molecule is C.C.C.C.C.C.C.C.[K+].[K+].[K+].[K+].[K+].[N-]=N[NH-].[NH2-]. The van der Waals surface area contributed by atoms with E-state index in [-0.39, 0.29) is 322 Å². The van der Waals surface area contributed by atoms with Gasteiger partial charge in [-0.25, -0.2) is 0 Å². The molecule has 0 radical (unpaired) electrons. The zero-order valence-corrected chi connectivity index (χ0v) is 22.6. The predicted octanol–water partition coefficient (Wildman–Crippen LogP) is -8.20. The van der Waals surface area contributed by atoms with Crippen molar-refractivity contribution in [3.8, 4) is 0 Å². The summed E-state index contributed by atoms with van der Waals surface area (Å²) in [4.78, 5) is 0. The van der Waals surface area contributed by atoms with Crippen LogP contribution in [0.2, 0.25) is 0 Å². The fourth-order valence-electron chi connectivity index (χ4n) is 0. The summed E-state index contributed by atoms with van der Waals surface area (Å²) < 4.78 is 0. The summed E-state index contributed by atoms with van der Waals surface area (Å²) in [6.07, 6.45) is 0. The van der Waals surface area contributed by atoms with Crippen LogP contribution in [-0.2, 0) is 0 Å². The molecular weight excluding hydrogens is 348 g/mol. The molecule has 0 aromatic carbocycles. The molecule has 0 heterocycles. The van der Waals surface area contributed by atoms with Gasteiger partial charge in [0.1, 0.15) is 0 Å². The topological polar surface area (TPSA) is 92.0 Å². The van der Waals surface area contributed by atoms with Gasteiger partial charge < -0.3 is 22.7 Å². The van der Waals surface area contributed by atoms with Gasteiger partial charge in [0.05, 0.1) is 0 Å². The van der Waals surface area contributed by atoms with Gasteiger partial charge >= 0.3 is 257 Å². The summed E-state index contributed by atoms with van der Waals surface area (Å²) >= 11 is 0. The summed E-state index contributed by atoms with van der Waals surface area (Å²) in [7, 11) is 0. The quantitative estimate of drug-likeness (QED) is 0.226. The molecule has 4 nitrogen and oxygen atoms in total. The second-order valence-electron chi connectivity index (χ2n) is 0.100. The largest absolute Gasteiger partial charge is 1.00 e. The number of nitrogens with two attached hydrogens (primary N) is 1. The average molecular weight is 383 g/mol. The van der Waals surface area contributed by atoms with Gasteiger partial charge in [0.25, 0.3) is 0 Å². The van der Waals surface area contributed by atoms with Gasteiger partial charge in [-0.3, -0.25) is 0 Å². The summed E-state index contributed by atoms with van der Waals surface area (Å²) in [5.74, 6) is 5.39. The van der Waals surface area contributed by atoms with Gasteiger partial charge in [-0.2, -0.15) is 0 Å². The van der Waals surface area contributed by atoms with Crippen molar-refractivity contribution in [2.75, 3.05) is 0 Å². The van der Waals surface area contributed by atoms with E-state index in [2.05, 4.69) is 0 Å². The minimum Gasteiger partial charge on any atom is -0.729 e. The molecule has 0 saturated heterocycles. The maximum Gasteiger partial charge on any atom is 1.00 e. The first-order valence-electron chi connectivity index (χ1n) is 0.424. The van der Waals surface area contributed by atoms with Crippen LogP contribution in [0.4, 0.5) is 0 Å². The molecule has 0 aromatic rings. The molecule has 17 heavy (non-hydrogen) atoms. The van der Waals surface area contributed by atoms with Gasteiger partial charge in [-0.05, 0) is 0 Å². The van der Waals surface area contributed by atoms with Crippen LogP contribution in [0.25, 0.3) is 17.5 Å². The fraction of sp³-hybridized carbons (Fsp3) is 1.00. The second-order valence-corrected chi connectivity index (χ2v) is 0.100. The number of nitrogens with one attached hydrogen (secondary N) is 1. The Morgan fingerprint density at radius 3 is 0.529 bits per heavy atom. The van der Waals surface area contributed by atoms with Gasteiger partial charge in [-0.1, -0.05) is 59.4 Å². The molecule has 90 valence electrons. The Balaban J connectivity index is -0.000000000220. The molecular formula is C8H35K5N4+2. The summed E-state index contributed by atoms with van der Waals surface area (Å²) in [6.45, 7) is 0. The predicted molar refractivity (Wildman–Crippen MR) is 69.2 cm³/mol. The van der Waals surface area contributed by atoms with Crippen LogP contribution in [0.3, 0.4) is 0 Å². The Morgan fingerprint density at radius 1 is 0.529 bits per heavy atom. The van der Waals surface area contributed by atoms with Gasteiger partial charge in [-0.15, -0.1) is 0 Å². The molecule has 0 atom stereocenters. The van der Waals surface area contributed by atoms with E-state index in [4.69, 9.17) is 11.4 Å². The van der Waals surface area contributed by atoms with E-state index in [1.54, 1.807) is 5.22 Å². The molecule has 0 amide bonds. The zero-order chi connectivity index (χ0) is 2.71. The van der Waals surface area contributed by atoms with E-state index in [1.165, 1.54) is 0 Å². The van der Waals surface area contributed by atoms with Crippen molar-refractivity contribution in [2.24, 2.45) is 5.22 Å². The summed E-state index contributed by atoms with van der Waals surface area (Å²) in [5.41, 5.74) is 6.86. The van der Waals surface area contributed by atoms with Crippen LogP contribution >= 0.6 is 0 Å². The maximum atomic E-state index is 6.86. The van der Waals surface area contributed by atoms with Crippen molar-refractivity contribution in [3.05, 3.63) is 17.5 Å². The van der Waals surface area contributed by atoms with E-state index in [9.17, 15) is 0 Å². The molecule has 0 saturated carbocycles. The molecule has 0 rings (SSSR count). The van der Waals surface area contributed by atoms with Crippen LogP contribution in [0.5, 0.6) is 0 Å². The Morgan fingerprint density at radius 2 is 0.529 bits per heavy atom. The molecule has 0 fully saturated rings. The van der Waals surface area contributed by atoms with Crippen LogP contribution in [0.15, 0.2) is 5.22 Å². The molecule has 0 spiro atoms. The maximum absolute atomic E-state index is 6.86. The number of rotatable bonds is 0. The zero-order valence-electron chi connectivity index (χ0n) is 6.97. The first kappa shape index (κ1) is 149. The monoisotopic (exact) mass is 382 g/mol.